The minimum Gasteiger partial charge on any atom is -0.481 e. The number of sulfonamides is 1. The van der Waals surface area contributed by atoms with E-state index in [-0.39, 0.29) is 33.3 Å². The summed E-state index contributed by atoms with van der Waals surface area (Å²) in [6, 6.07) is 11.3. The zero-order chi connectivity index (χ0) is 23.3. The molecule has 0 aliphatic carbocycles. The molecule has 12 heteroatoms. The second kappa shape index (κ2) is 9.83. The molecule has 32 heavy (non-hydrogen) atoms. The Hall–Kier alpha value is -3.38. The van der Waals surface area contributed by atoms with Gasteiger partial charge in [0.15, 0.2) is 5.17 Å². The van der Waals surface area contributed by atoms with Gasteiger partial charge in [-0.3, -0.25) is 0 Å². The van der Waals surface area contributed by atoms with Gasteiger partial charge in [-0.05, 0) is 17.7 Å². The molecule has 1 N–H and O–H groups in total. The molecule has 2 aromatic carbocycles. The molecule has 0 fully saturated rings. The predicted octanol–water partition coefficient (Wildman–Crippen LogP) is 2.95. The highest BCUT2D eigenvalue weighted by atomic mass is 32.2. The number of nitrogens with one attached hydrogen (secondary N) is 1. The zero-order valence-electron chi connectivity index (χ0n) is 17.6. The number of rotatable bonds is 6. The fourth-order valence-corrected chi connectivity index (χ4v) is 4.86. The van der Waals surface area contributed by atoms with Crippen molar-refractivity contribution in [1.82, 2.24) is 9.97 Å². The van der Waals surface area contributed by atoms with Crippen LogP contribution in [0.1, 0.15) is 10.4 Å². The van der Waals surface area contributed by atoms with Crippen molar-refractivity contribution in [3.05, 3.63) is 48.0 Å². The summed E-state index contributed by atoms with van der Waals surface area (Å²) in [5.74, 6) is -0.339. The van der Waals surface area contributed by atoms with Crippen LogP contribution in [-0.2, 0) is 14.8 Å². The SMILES string of the molecule is COC(=O)c1ccc2ccccc2c1S(=O)(=O)/N=C(\Nc1nc(OC)cc(OC)n1)SC. The molecule has 0 aliphatic rings. The number of anilines is 1. The maximum atomic E-state index is 13.4. The monoisotopic (exact) mass is 476 g/mol. The molecule has 0 radical (unpaired) electrons. The van der Waals surface area contributed by atoms with Gasteiger partial charge in [0, 0.05) is 5.39 Å². The van der Waals surface area contributed by atoms with Crippen LogP contribution >= 0.6 is 11.8 Å². The van der Waals surface area contributed by atoms with Gasteiger partial charge in [-0.15, -0.1) is 4.40 Å². The van der Waals surface area contributed by atoms with Crippen molar-refractivity contribution < 1.29 is 27.4 Å². The fraction of sp³-hybridized carbons (Fsp3) is 0.200. The number of ether oxygens (including phenoxy) is 3. The first kappa shape index (κ1) is 23.3. The molecule has 0 atom stereocenters. The van der Waals surface area contributed by atoms with Gasteiger partial charge in [0.25, 0.3) is 10.0 Å². The molecule has 10 nitrogen and oxygen atoms in total. The Morgan fingerprint density at radius 2 is 1.69 bits per heavy atom. The number of fused-ring (bicyclic) bond motifs is 1. The quantitative estimate of drug-likeness (QED) is 0.322. The average Bonchev–Trinajstić information content (AvgIpc) is 2.81. The highest BCUT2D eigenvalue weighted by Gasteiger charge is 2.26. The van der Waals surface area contributed by atoms with Crippen LogP contribution in [0.15, 0.2) is 51.8 Å². The molecule has 0 aliphatic heterocycles. The van der Waals surface area contributed by atoms with Crippen LogP contribution in [0.3, 0.4) is 0 Å². The summed E-state index contributed by atoms with van der Waals surface area (Å²) in [7, 11) is -0.319. The Morgan fingerprint density at radius 3 is 2.28 bits per heavy atom. The van der Waals surface area contributed by atoms with Crippen molar-refractivity contribution in [2.45, 2.75) is 4.90 Å². The lowest BCUT2D eigenvalue weighted by atomic mass is 10.1. The lowest BCUT2D eigenvalue weighted by Gasteiger charge is -2.12. The number of benzene rings is 2. The molecule has 1 heterocycles. The number of esters is 1. The van der Waals surface area contributed by atoms with Crippen LogP contribution < -0.4 is 14.8 Å². The van der Waals surface area contributed by atoms with Gasteiger partial charge in [0.05, 0.1) is 33.0 Å². The molecule has 0 saturated heterocycles. The number of hydrogen-bond acceptors (Lipinski definition) is 9. The van der Waals surface area contributed by atoms with Gasteiger partial charge >= 0.3 is 5.97 Å². The smallest absolute Gasteiger partial charge is 0.339 e. The number of thioether (sulfide) groups is 1. The fourth-order valence-electron chi connectivity index (χ4n) is 2.82. The third-order valence-electron chi connectivity index (χ3n) is 4.26. The summed E-state index contributed by atoms with van der Waals surface area (Å²) >= 11 is 1.02. The molecular formula is C20H20N4O6S2. The minimum atomic E-state index is -4.35. The van der Waals surface area contributed by atoms with Crippen molar-refractivity contribution >= 4 is 49.6 Å². The zero-order valence-corrected chi connectivity index (χ0v) is 19.3. The number of hydrogen-bond donors (Lipinski definition) is 1. The number of aromatic nitrogens is 2. The van der Waals surface area contributed by atoms with Crippen LogP contribution in [0, 0.1) is 0 Å². The maximum Gasteiger partial charge on any atom is 0.339 e. The predicted molar refractivity (Wildman–Crippen MR) is 122 cm³/mol. The summed E-state index contributed by atoms with van der Waals surface area (Å²) in [5.41, 5.74) is -0.116. The van der Waals surface area contributed by atoms with Crippen LogP contribution in [-0.4, -0.2) is 57.1 Å². The molecule has 1 aromatic heterocycles. The lowest BCUT2D eigenvalue weighted by molar-refractivity contribution is 0.0596. The first-order chi connectivity index (χ1) is 15.3. The molecule has 3 rings (SSSR count). The van der Waals surface area contributed by atoms with Gasteiger partial charge in [-0.2, -0.15) is 18.4 Å². The van der Waals surface area contributed by atoms with Crippen LogP contribution in [0.4, 0.5) is 5.95 Å². The summed E-state index contributed by atoms with van der Waals surface area (Å²) < 4.78 is 45.6. The second-order valence-electron chi connectivity index (χ2n) is 6.13. The Kier molecular flexibility index (Phi) is 7.15. The Balaban J connectivity index is 2.13. The van der Waals surface area contributed by atoms with E-state index in [2.05, 4.69) is 19.7 Å². The van der Waals surface area contributed by atoms with E-state index in [4.69, 9.17) is 14.2 Å². The van der Waals surface area contributed by atoms with Crippen molar-refractivity contribution in [3.63, 3.8) is 0 Å². The second-order valence-corrected chi connectivity index (χ2v) is 8.47. The summed E-state index contributed by atoms with van der Waals surface area (Å²) in [6.07, 6.45) is 1.63. The Bertz CT molecular complexity index is 1270. The van der Waals surface area contributed by atoms with Crippen molar-refractivity contribution in [3.8, 4) is 11.8 Å². The molecule has 168 valence electrons. The molecular weight excluding hydrogens is 456 g/mol. The number of amidine groups is 1. The van der Waals surface area contributed by atoms with Gasteiger partial charge in [-0.25, -0.2) is 4.79 Å². The number of carbonyl (C=O) groups is 1. The third kappa shape index (κ3) is 4.92. The van der Waals surface area contributed by atoms with E-state index >= 15 is 0 Å². The third-order valence-corrected chi connectivity index (χ3v) is 6.33. The van der Waals surface area contributed by atoms with Crippen molar-refractivity contribution in [2.75, 3.05) is 32.9 Å². The van der Waals surface area contributed by atoms with E-state index in [9.17, 15) is 13.2 Å². The summed E-state index contributed by atoms with van der Waals surface area (Å²) in [6.45, 7) is 0. The summed E-state index contributed by atoms with van der Waals surface area (Å²) in [4.78, 5) is 20.3. The standard InChI is InChI=1S/C20H20N4O6S2/c1-28-15-11-16(29-2)22-19(21-15)23-20(31-4)24-32(26,27)17-13-8-6-5-7-12(13)9-10-14(17)18(25)30-3/h5-11H,1-4H3,(H,21,22,23,24). The number of methoxy groups -OCH3 is 3. The van der Waals surface area contributed by atoms with Gasteiger partial charge in [0.2, 0.25) is 17.7 Å². The first-order valence-electron chi connectivity index (χ1n) is 9.06. The average molecular weight is 477 g/mol. The molecule has 0 saturated carbocycles. The topological polar surface area (TPSA) is 129 Å². The lowest BCUT2D eigenvalue weighted by Crippen LogP contribution is -2.16. The molecule has 0 bridgehead atoms. The number of carbonyl (C=O) groups excluding carboxylic acids is 1. The van der Waals surface area contributed by atoms with Crippen molar-refractivity contribution in [2.24, 2.45) is 4.40 Å². The van der Waals surface area contributed by atoms with Crippen LogP contribution in [0.2, 0.25) is 0 Å². The van der Waals surface area contributed by atoms with E-state index in [0.717, 1.165) is 11.8 Å². The Labute approximate surface area is 189 Å². The van der Waals surface area contributed by atoms with Gasteiger partial charge < -0.3 is 19.5 Å². The van der Waals surface area contributed by atoms with E-state index in [1.165, 1.54) is 33.5 Å². The van der Waals surface area contributed by atoms with Crippen LogP contribution in [0.25, 0.3) is 10.8 Å². The van der Waals surface area contributed by atoms with E-state index < -0.39 is 16.0 Å². The molecule has 0 amide bonds. The van der Waals surface area contributed by atoms with Crippen LogP contribution in [0.5, 0.6) is 11.8 Å². The molecule has 3 aromatic rings. The minimum absolute atomic E-state index is 0.0237. The van der Waals surface area contributed by atoms with Gasteiger partial charge in [-0.1, -0.05) is 42.1 Å². The first-order valence-corrected chi connectivity index (χ1v) is 11.7. The highest BCUT2D eigenvalue weighted by Crippen LogP contribution is 2.30. The Morgan fingerprint density at radius 1 is 1.03 bits per heavy atom. The van der Waals surface area contributed by atoms with Crippen molar-refractivity contribution in [1.29, 1.82) is 0 Å². The van der Waals surface area contributed by atoms with E-state index in [1.54, 1.807) is 36.6 Å². The van der Waals surface area contributed by atoms with E-state index in [0.29, 0.717) is 10.8 Å². The molecule has 0 unspecified atom stereocenters. The summed E-state index contributed by atoms with van der Waals surface area (Å²) in [5, 5.41) is 3.71. The van der Waals surface area contributed by atoms with Gasteiger partial charge in [0.1, 0.15) is 4.90 Å². The number of nitrogens with zero attached hydrogens (tertiary/aromatic N) is 3. The normalized spacial score (nSPS) is 11.8. The molecule has 0 spiro atoms. The highest BCUT2D eigenvalue weighted by molar-refractivity contribution is 8.14. The maximum absolute atomic E-state index is 13.4. The largest absolute Gasteiger partial charge is 0.481 e. The van der Waals surface area contributed by atoms with E-state index in [1.807, 2.05) is 0 Å².